The molecule has 2 rings (SSSR count). The third kappa shape index (κ3) is 19.3. The maximum absolute atomic E-state index is 13.7. The fraction of sp³-hybridized carbons (Fsp3) is 0.641. The Morgan fingerprint density at radius 3 is 1.63 bits per heavy atom. The molecule has 0 aliphatic carbocycles. The number of nitrogens with zero attached hydrogens (tertiary/aromatic N) is 2. The SMILES string of the molecule is CCCCCCCCCCCCCCCC(=O)N[C@@H](CCCN=C(N)N)C(=O)N[C@@H](CCCN=C(N)N)C(=O)N[C@@H](Cc1c[nH]c2ccccc12)C(N)=O. The highest BCUT2D eigenvalue weighted by Gasteiger charge is 2.29. The number of aliphatic imine (C=N–C) groups is 2. The number of para-hydroxylation sites is 1. The molecule has 302 valence electrons. The van der Waals surface area contributed by atoms with Gasteiger partial charge in [-0.05, 0) is 43.7 Å². The van der Waals surface area contributed by atoms with Crippen LogP contribution < -0.4 is 44.6 Å². The molecule has 54 heavy (non-hydrogen) atoms. The maximum atomic E-state index is 13.7. The van der Waals surface area contributed by atoms with E-state index in [2.05, 4.69) is 37.8 Å². The van der Waals surface area contributed by atoms with Crippen LogP contribution in [0.25, 0.3) is 10.9 Å². The first kappa shape index (κ1) is 45.3. The number of guanidine groups is 2. The molecule has 0 radical (unpaired) electrons. The average molecular weight is 754 g/mol. The molecule has 0 bridgehead atoms. The minimum atomic E-state index is -1.07. The summed E-state index contributed by atoms with van der Waals surface area (Å²) in [6.07, 6.45) is 18.9. The first-order chi connectivity index (χ1) is 26.0. The second kappa shape index (κ2) is 26.9. The van der Waals surface area contributed by atoms with E-state index in [4.69, 9.17) is 28.7 Å². The average Bonchev–Trinajstić information content (AvgIpc) is 3.54. The predicted octanol–water partition coefficient (Wildman–Crippen LogP) is 3.24. The fourth-order valence-electron chi connectivity index (χ4n) is 6.40. The smallest absolute Gasteiger partial charge is 0.243 e. The summed E-state index contributed by atoms with van der Waals surface area (Å²) >= 11 is 0. The standard InChI is InChI=1S/C39H67N11O4/c1-2-3-4-5-6-7-8-9-10-11-12-13-14-23-34(51)48-31(21-17-24-45-38(41)42)36(53)49-32(22-18-25-46-39(43)44)37(54)50-33(35(40)52)26-28-27-47-30-20-16-15-19-29(28)30/h15-16,19-20,27,31-33,47H,2-14,17-18,21-26H2,1H3,(H2,40,52)(H,48,51)(H,49,53)(H,50,54)(H4,41,42,45)(H4,43,44,46)/t31-,32-,33-/m0/s1. The van der Waals surface area contributed by atoms with Crippen LogP contribution in [0.2, 0.25) is 0 Å². The van der Waals surface area contributed by atoms with Crippen LogP contribution in [0.3, 0.4) is 0 Å². The molecule has 3 atom stereocenters. The summed E-state index contributed by atoms with van der Waals surface area (Å²) in [6, 6.07) is 4.52. The van der Waals surface area contributed by atoms with Gasteiger partial charge in [-0.1, -0.05) is 102 Å². The summed E-state index contributed by atoms with van der Waals surface area (Å²) in [5, 5.41) is 9.27. The number of carbonyl (C=O) groups is 4. The molecule has 2 aromatic rings. The van der Waals surface area contributed by atoms with E-state index in [1.54, 1.807) is 6.20 Å². The Morgan fingerprint density at radius 1 is 0.630 bits per heavy atom. The number of nitrogens with one attached hydrogen (secondary N) is 4. The van der Waals surface area contributed by atoms with Gasteiger partial charge in [0, 0.05) is 43.0 Å². The van der Waals surface area contributed by atoms with Crippen molar-refractivity contribution >= 4 is 46.5 Å². The van der Waals surface area contributed by atoms with E-state index in [9.17, 15) is 19.2 Å². The van der Waals surface area contributed by atoms with Crippen molar-refractivity contribution in [2.75, 3.05) is 13.1 Å². The van der Waals surface area contributed by atoms with E-state index < -0.39 is 35.8 Å². The van der Waals surface area contributed by atoms with Crippen molar-refractivity contribution in [3.05, 3.63) is 36.0 Å². The molecular weight excluding hydrogens is 687 g/mol. The molecule has 4 amide bonds. The van der Waals surface area contributed by atoms with E-state index in [-0.39, 0.29) is 56.6 Å². The van der Waals surface area contributed by atoms with Crippen LogP contribution in [-0.2, 0) is 25.6 Å². The Morgan fingerprint density at radius 2 is 1.11 bits per heavy atom. The highest BCUT2D eigenvalue weighted by molar-refractivity contribution is 5.94. The first-order valence-electron chi connectivity index (χ1n) is 19.9. The summed E-state index contributed by atoms with van der Waals surface area (Å²) < 4.78 is 0. The van der Waals surface area contributed by atoms with Crippen LogP contribution >= 0.6 is 0 Å². The number of hydrogen-bond donors (Lipinski definition) is 9. The number of fused-ring (bicyclic) bond motifs is 1. The van der Waals surface area contributed by atoms with Crippen LogP contribution in [0.4, 0.5) is 0 Å². The highest BCUT2D eigenvalue weighted by atomic mass is 16.2. The summed E-state index contributed by atoms with van der Waals surface area (Å²) in [6.45, 7) is 2.72. The molecule has 1 aromatic carbocycles. The van der Waals surface area contributed by atoms with E-state index in [0.717, 1.165) is 35.7 Å². The normalized spacial score (nSPS) is 12.7. The van der Waals surface area contributed by atoms with Gasteiger partial charge in [0.15, 0.2) is 11.9 Å². The zero-order valence-corrected chi connectivity index (χ0v) is 32.4. The van der Waals surface area contributed by atoms with E-state index in [1.807, 2.05) is 24.3 Å². The van der Waals surface area contributed by atoms with E-state index in [0.29, 0.717) is 19.3 Å². The number of aromatic nitrogens is 1. The molecule has 0 aliphatic rings. The lowest BCUT2D eigenvalue weighted by atomic mass is 10.0. The Kier molecular flexibility index (Phi) is 22.6. The number of H-pyrrole nitrogens is 1. The van der Waals surface area contributed by atoms with Gasteiger partial charge in [-0.25, -0.2) is 0 Å². The number of amides is 4. The summed E-state index contributed by atoms with van der Waals surface area (Å²) in [7, 11) is 0. The van der Waals surface area contributed by atoms with Gasteiger partial charge < -0.3 is 49.6 Å². The molecule has 0 fully saturated rings. The number of unbranched alkanes of at least 4 members (excludes halogenated alkanes) is 12. The van der Waals surface area contributed by atoms with Crippen molar-refractivity contribution in [2.24, 2.45) is 38.7 Å². The van der Waals surface area contributed by atoms with Gasteiger partial charge in [-0.15, -0.1) is 0 Å². The summed E-state index contributed by atoms with van der Waals surface area (Å²) in [4.78, 5) is 64.1. The van der Waals surface area contributed by atoms with Crippen LogP contribution in [0.5, 0.6) is 0 Å². The van der Waals surface area contributed by atoms with Crippen LogP contribution in [-0.4, -0.2) is 71.7 Å². The number of rotatable bonds is 30. The minimum absolute atomic E-state index is 0.0726. The van der Waals surface area contributed by atoms with Gasteiger partial charge in [-0.2, -0.15) is 0 Å². The molecule has 0 saturated carbocycles. The van der Waals surface area contributed by atoms with Gasteiger partial charge >= 0.3 is 0 Å². The molecule has 15 nitrogen and oxygen atoms in total. The third-order valence-corrected chi connectivity index (χ3v) is 9.44. The van der Waals surface area contributed by atoms with Crippen molar-refractivity contribution in [3.8, 4) is 0 Å². The number of carbonyl (C=O) groups excluding carboxylic acids is 4. The fourth-order valence-corrected chi connectivity index (χ4v) is 6.40. The zero-order chi connectivity index (χ0) is 39.6. The van der Waals surface area contributed by atoms with Crippen molar-refractivity contribution in [1.82, 2.24) is 20.9 Å². The van der Waals surface area contributed by atoms with Crippen molar-refractivity contribution in [1.29, 1.82) is 0 Å². The molecule has 15 heteroatoms. The van der Waals surface area contributed by atoms with E-state index in [1.165, 1.54) is 57.8 Å². The van der Waals surface area contributed by atoms with Gasteiger partial charge in [0.25, 0.3) is 0 Å². The predicted molar refractivity (Wildman–Crippen MR) is 217 cm³/mol. The second-order valence-corrected chi connectivity index (χ2v) is 14.1. The molecular formula is C39H67N11O4. The lowest BCUT2D eigenvalue weighted by Crippen LogP contribution is -2.56. The Balaban J connectivity index is 2.00. The zero-order valence-electron chi connectivity index (χ0n) is 32.4. The first-order valence-corrected chi connectivity index (χ1v) is 19.9. The van der Waals surface area contributed by atoms with Gasteiger partial charge in [0.05, 0.1) is 0 Å². The van der Waals surface area contributed by atoms with Crippen molar-refractivity contribution in [3.63, 3.8) is 0 Å². The maximum Gasteiger partial charge on any atom is 0.243 e. The van der Waals surface area contributed by atoms with Crippen molar-refractivity contribution in [2.45, 2.75) is 147 Å². The lowest BCUT2D eigenvalue weighted by molar-refractivity contribution is -0.133. The Bertz CT molecular complexity index is 1470. The van der Waals surface area contributed by atoms with Crippen LogP contribution in [0, 0.1) is 0 Å². The molecule has 1 heterocycles. The Labute approximate surface area is 320 Å². The quantitative estimate of drug-likeness (QED) is 0.0324. The minimum Gasteiger partial charge on any atom is -0.370 e. The van der Waals surface area contributed by atoms with E-state index >= 15 is 0 Å². The largest absolute Gasteiger partial charge is 0.370 e. The molecule has 0 unspecified atom stereocenters. The summed E-state index contributed by atoms with van der Waals surface area (Å²) in [5.74, 6) is -2.29. The molecule has 0 spiro atoms. The Hall–Kier alpha value is -4.82. The molecule has 14 N–H and O–H groups in total. The number of nitrogens with two attached hydrogens (primary N) is 5. The van der Waals surface area contributed by atoms with Crippen LogP contribution in [0.15, 0.2) is 40.4 Å². The van der Waals surface area contributed by atoms with Gasteiger partial charge in [0.2, 0.25) is 23.6 Å². The number of primary amides is 1. The topological polar surface area (TPSA) is 275 Å². The van der Waals surface area contributed by atoms with Gasteiger partial charge in [0.1, 0.15) is 18.1 Å². The molecule has 0 saturated heterocycles. The number of aromatic amines is 1. The number of hydrogen-bond acceptors (Lipinski definition) is 6. The van der Waals surface area contributed by atoms with Crippen molar-refractivity contribution < 1.29 is 19.2 Å². The molecule has 0 aliphatic heterocycles. The summed E-state index contributed by atoms with van der Waals surface area (Å²) in [5.41, 5.74) is 29.3. The number of benzene rings is 1. The lowest BCUT2D eigenvalue weighted by Gasteiger charge is -2.25. The molecule has 1 aromatic heterocycles. The van der Waals surface area contributed by atoms with Gasteiger partial charge in [-0.3, -0.25) is 29.2 Å². The third-order valence-electron chi connectivity index (χ3n) is 9.44. The highest BCUT2D eigenvalue weighted by Crippen LogP contribution is 2.19. The second-order valence-electron chi connectivity index (χ2n) is 14.1. The van der Waals surface area contributed by atoms with Crippen LogP contribution in [0.1, 0.15) is 128 Å². The monoisotopic (exact) mass is 754 g/mol.